The summed E-state index contributed by atoms with van der Waals surface area (Å²) in [6, 6.07) is 13.5. The van der Waals surface area contributed by atoms with Crippen LogP contribution in [0.25, 0.3) is 0 Å². The van der Waals surface area contributed by atoms with Crippen molar-refractivity contribution in [3.05, 3.63) is 77.3 Å². The van der Waals surface area contributed by atoms with Crippen molar-refractivity contribution in [2.24, 2.45) is 0 Å². The first kappa shape index (κ1) is 16.7. The monoisotopic (exact) mass is 335 g/mol. The molecule has 1 N–H and O–H groups in total. The van der Waals surface area contributed by atoms with E-state index in [1.165, 1.54) is 0 Å². The van der Waals surface area contributed by atoms with Crippen LogP contribution in [-0.2, 0) is 10.0 Å². The van der Waals surface area contributed by atoms with Gasteiger partial charge in [-0.3, -0.25) is 0 Å². The molecule has 3 nitrogen and oxygen atoms in total. The van der Waals surface area contributed by atoms with Crippen LogP contribution in [-0.4, -0.2) is 8.42 Å². The van der Waals surface area contributed by atoms with E-state index in [2.05, 4.69) is 11.3 Å². The summed E-state index contributed by atoms with van der Waals surface area (Å²) in [5.41, 5.74) is 1.82. The van der Waals surface area contributed by atoms with Crippen molar-refractivity contribution >= 4 is 21.6 Å². The maximum Gasteiger partial charge on any atom is 0.241 e. The lowest BCUT2D eigenvalue weighted by Gasteiger charge is -2.18. The molecule has 1 unspecified atom stereocenters. The van der Waals surface area contributed by atoms with Crippen LogP contribution in [0.15, 0.2) is 66.1 Å². The highest BCUT2D eigenvalue weighted by molar-refractivity contribution is 7.89. The van der Waals surface area contributed by atoms with Gasteiger partial charge in [0.25, 0.3) is 0 Å². The number of hydrogen-bond donors (Lipinski definition) is 1. The quantitative estimate of drug-likeness (QED) is 0.802. The summed E-state index contributed by atoms with van der Waals surface area (Å²) in [7, 11) is -3.60. The molecule has 0 aliphatic rings. The molecule has 0 spiro atoms. The SMILES string of the molecule is C=CCC(NS(=O)(=O)c1ccc(C)cc1)c1cccc(Cl)c1. The Bertz CT molecular complexity index is 754. The van der Waals surface area contributed by atoms with Gasteiger partial charge in [-0.2, -0.15) is 0 Å². The molecule has 0 bridgehead atoms. The fourth-order valence-corrected chi connectivity index (χ4v) is 3.55. The zero-order valence-electron chi connectivity index (χ0n) is 12.3. The van der Waals surface area contributed by atoms with E-state index in [9.17, 15) is 8.42 Å². The number of rotatable bonds is 6. The van der Waals surface area contributed by atoms with Crippen molar-refractivity contribution in [1.82, 2.24) is 4.72 Å². The second-order valence-electron chi connectivity index (χ2n) is 5.07. The molecule has 116 valence electrons. The Morgan fingerprint density at radius 2 is 1.91 bits per heavy atom. The third kappa shape index (κ3) is 4.19. The predicted molar refractivity (Wildman–Crippen MR) is 90.5 cm³/mol. The van der Waals surface area contributed by atoms with E-state index in [0.717, 1.165) is 11.1 Å². The lowest BCUT2D eigenvalue weighted by Crippen LogP contribution is -2.28. The number of halogens is 1. The summed E-state index contributed by atoms with van der Waals surface area (Å²) >= 11 is 5.99. The molecule has 0 saturated carbocycles. The number of nitrogens with one attached hydrogen (secondary N) is 1. The Kier molecular flexibility index (Phi) is 5.40. The molecular weight excluding hydrogens is 318 g/mol. The van der Waals surface area contributed by atoms with Crippen LogP contribution in [0.1, 0.15) is 23.6 Å². The summed E-state index contributed by atoms with van der Waals surface area (Å²) in [5.74, 6) is 0. The molecule has 0 aliphatic carbocycles. The van der Waals surface area contributed by atoms with Gasteiger partial charge in [0.15, 0.2) is 0 Å². The van der Waals surface area contributed by atoms with Crippen LogP contribution < -0.4 is 4.72 Å². The van der Waals surface area contributed by atoms with E-state index >= 15 is 0 Å². The summed E-state index contributed by atoms with van der Waals surface area (Å²) in [4.78, 5) is 0.245. The Balaban J connectivity index is 2.30. The number of aryl methyl sites for hydroxylation is 1. The molecule has 0 aromatic heterocycles. The predicted octanol–water partition coefficient (Wildman–Crippen LogP) is 4.24. The van der Waals surface area contributed by atoms with Gasteiger partial charge in [-0.15, -0.1) is 6.58 Å². The first-order valence-corrected chi connectivity index (χ1v) is 8.74. The van der Waals surface area contributed by atoms with Gasteiger partial charge in [-0.05, 0) is 43.2 Å². The molecule has 2 aromatic carbocycles. The van der Waals surface area contributed by atoms with Crippen molar-refractivity contribution in [3.63, 3.8) is 0 Å². The number of sulfonamides is 1. The largest absolute Gasteiger partial charge is 0.241 e. The van der Waals surface area contributed by atoms with Crippen LogP contribution in [0.3, 0.4) is 0 Å². The number of benzene rings is 2. The Morgan fingerprint density at radius 1 is 1.23 bits per heavy atom. The van der Waals surface area contributed by atoms with Gasteiger partial charge in [0.2, 0.25) is 10.0 Å². The lowest BCUT2D eigenvalue weighted by atomic mass is 10.1. The molecular formula is C17H18ClNO2S. The van der Waals surface area contributed by atoms with Gasteiger partial charge >= 0.3 is 0 Å². The van der Waals surface area contributed by atoms with Gasteiger partial charge in [0.1, 0.15) is 0 Å². The summed E-state index contributed by atoms with van der Waals surface area (Å²) in [6.07, 6.45) is 2.16. The highest BCUT2D eigenvalue weighted by Gasteiger charge is 2.20. The van der Waals surface area contributed by atoms with Crippen LogP contribution in [0.4, 0.5) is 0 Å². The molecule has 2 aromatic rings. The molecule has 0 saturated heterocycles. The average Bonchev–Trinajstić information content (AvgIpc) is 2.47. The molecule has 0 fully saturated rings. The van der Waals surface area contributed by atoms with Gasteiger partial charge in [0.05, 0.1) is 10.9 Å². The second kappa shape index (κ2) is 7.09. The topological polar surface area (TPSA) is 46.2 Å². The van der Waals surface area contributed by atoms with Crippen molar-refractivity contribution in [1.29, 1.82) is 0 Å². The third-order valence-corrected chi connectivity index (χ3v) is 5.00. The van der Waals surface area contributed by atoms with E-state index in [-0.39, 0.29) is 4.90 Å². The third-order valence-electron chi connectivity index (χ3n) is 3.28. The van der Waals surface area contributed by atoms with Crippen LogP contribution in [0.2, 0.25) is 5.02 Å². The van der Waals surface area contributed by atoms with Crippen LogP contribution >= 0.6 is 11.6 Å². The van der Waals surface area contributed by atoms with Crippen LogP contribution in [0.5, 0.6) is 0 Å². The molecule has 0 amide bonds. The minimum atomic E-state index is -3.60. The minimum Gasteiger partial charge on any atom is -0.207 e. The first-order chi connectivity index (χ1) is 10.4. The van der Waals surface area contributed by atoms with Crippen molar-refractivity contribution < 1.29 is 8.42 Å². The standard InChI is InChI=1S/C17H18ClNO2S/c1-3-5-17(14-6-4-7-15(18)12-14)19-22(20,21)16-10-8-13(2)9-11-16/h3-4,6-12,17,19H,1,5H2,2H3. The number of hydrogen-bond acceptors (Lipinski definition) is 2. The first-order valence-electron chi connectivity index (χ1n) is 6.88. The van der Waals surface area contributed by atoms with Crippen molar-refractivity contribution in [2.75, 3.05) is 0 Å². The molecule has 0 aliphatic heterocycles. The van der Waals surface area contributed by atoms with Crippen molar-refractivity contribution in [2.45, 2.75) is 24.3 Å². The summed E-state index contributed by atoms with van der Waals surface area (Å²) in [6.45, 7) is 5.61. The van der Waals surface area contributed by atoms with E-state index in [0.29, 0.717) is 11.4 Å². The Labute approximate surface area is 136 Å². The Morgan fingerprint density at radius 3 is 2.50 bits per heavy atom. The van der Waals surface area contributed by atoms with Crippen molar-refractivity contribution in [3.8, 4) is 0 Å². The highest BCUT2D eigenvalue weighted by Crippen LogP contribution is 2.23. The highest BCUT2D eigenvalue weighted by atomic mass is 35.5. The molecule has 5 heteroatoms. The fourth-order valence-electron chi connectivity index (χ4n) is 2.11. The molecule has 1 atom stereocenters. The second-order valence-corrected chi connectivity index (χ2v) is 7.22. The molecule has 22 heavy (non-hydrogen) atoms. The van der Waals surface area contributed by atoms with Crippen LogP contribution in [0, 0.1) is 6.92 Å². The van der Waals surface area contributed by atoms with Gasteiger partial charge in [-0.1, -0.05) is 47.5 Å². The Hall–Kier alpha value is -1.62. The van der Waals surface area contributed by atoms with E-state index in [1.807, 2.05) is 13.0 Å². The van der Waals surface area contributed by atoms with E-state index in [1.54, 1.807) is 48.5 Å². The van der Waals surface area contributed by atoms with Gasteiger partial charge in [-0.25, -0.2) is 13.1 Å². The normalized spacial score (nSPS) is 12.8. The summed E-state index contributed by atoms with van der Waals surface area (Å²) in [5, 5.41) is 0.570. The molecule has 2 rings (SSSR count). The summed E-state index contributed by atoms with van der Waals surface area (Å²) < 4.78 is 27.7. The van der Waals surface area contributed by atoms with E-state index in [4.69, 9.17) is 11.6 Å². The molecule has 0 radical (unpaired) electrons. The fraction of sp³-hybridized carbons (Fsp3) is 0.176. The lowest BCUT2D eigenvalue weighted by molar-refractivity contribution is 0.557. The maximum atomic E-state index is 12.5. The zero-order valence-corrected chi connectivity index (χ0v) is 13.9. The smallest absolute Gasteiger partial charge is 0.207 e. The van der Waals surface area contributed by atoms with Gasteiger partial charge < -0.3 is 0 Å². The molecule has 0 heterocycles. The van der Waals surface area contributed by atoms with Gasteiger partial charge in [0, 0.05) is 5.02 Å². The zero-order chi connectivity index (χ0) is 16.2. The average molecular weight is 336 g/mol. The van der Waals surface area contributed by atoms with E-state index < -0.39 is 16.1 Å². The maximum absolute atomic E-state index is 12.5. The minimum absolute atomic E-state index is 0.245.